The number of fused-ring (bicyclic) bond motifs is 1. The van der Waals surface area contributed by atoms with Crippen LogP contribution in [0.3, 0.4) is 0 Å². The van der Waals surface area contributed by atoms with Crippen LogP contribution in [0.1, 0.15) is 32.3 Å². The number of hydrogen-bond acceptors (Lipinski definition) is 4. The molecule has 2 aromatic heterocycles. The van der Waals surface area contributed by atoms with Crippen LogP contribution in [0.5, 0.6) is 0 Å². The largest absolute Gasteiger partial charge is 0.359 e. The van der Waals surface area contributed by atoms with E-state index in [1.54, 1.807) is 26.1 Å². The van der Waals surface area contributed by atoms with E-state index in [0.29, 0.717) is 17.1 Å². The summed E-state index contributed by atoms with van der Waals surface area (Å²) in [6, 6.07) is 9.45. The number of hydrogen-bond donors (Lipinski definition) is 3. The van der Waals surface area contributed by atoms with Crippen LogP contribution >= 0.6 is 0 Å². The highest BCUT2D eigenvalue weighted by Gasteiger charge is 2.30. The molecule has 7 nitrogen and oxygen atoms in total. The number of rotatable bonds is 5. The van der Waals surface area contributed by atoms with Crippen LogP contribution < -0.4 is 10.6 Å². The number of H-pyrrole nitrogens is 1. The summed E-state index contributed by atoms with van der Waals surface area (Å²) in [5.74, 6) is 0.207. The van der Waals surface area contributed by atoms with Gasteiger partial charge in [-0.25, -0.2) is 4.98 Å². The molecule has 2 amide bonds. The number of aromatic nitrogens is 2. The van der Waals surface area contributed by atoms with Crippen molar-refractivity contribution in [1.29, 1.82) is 5.26 Å². The molecule has 0 radical (unpaired) electrons. The van der Waals surface area contributed by atoms with E-state index in [1.807, 2.05) is 37.4 Å². The lowest BCUT2D eigenvalue weighted by Gasteiger charge is -2.10. The molecule has 1 aliphatic carbocycles. The van der Waals surface area contributed by atoms with Gasteiger partial charge in [-0.15, -0.1) is 0 Å². The maximum Gasteiger partial charge on any atom is 0.266 e. The highest BCUT2D eigenvalue weighted by Crippen LogP contribution is 2.35. The van der Waals surface area contributed by atoms with E-state index in [1.165, 1.54) is 0 Å². The van der Waals surface area contributed by atoms with Gasteiger partial charge in [-0.2, -0.15) is 5.26 Å². The number of amides is 2. The molecule has 3 aromatic rings. The van der Waals surface area contributed by atoms with Crippen LogP contribution in [-0.2, 0) is 9.59 Å². The van der Waals surface area contributed by atoms with Crippen LogP contribution in [0, 0.1) is 24.2 Å². The second-order valence-corrected chi connectivity index (χ2v) is 8.02. The van der Waals surface area contributed by atoms with Gasteiger partial charge in [0.15, 0.2) is 0 Å². The van der Waals surface area contributed by atoms with Crippen molar-refractivity contribution in [2.75, 3.05) is 10.6 Å². The molecule has 1 saturated carbocycles. The number of nitrogens with one attached hydrogen (secondary N) is 3. The van der Waals surface area contributed by atoms with Gasteiger partial charge in [-0.05, 0) is 56.9 Å². The first-order valence-corrected chi connectivity index (χ1v) is 10.2. The fraction of sp³-hybridized carbons (Fsp3) is 0.250. The van der Waals surface area contributed by atoms with Crippen molar-refractivity contribution in [2.24, 2.45) is 5.92 Å². The van der Waals surface area contributed by atoms with Crippen LogP contribution in [0.4, 0.5) is 11.5 Å². The number of para-hydroxylation sites is 1. The fourth-order valence-corrected chi connectivity index (χ4v) is 3.51. The van der Waals surface area contributed by atoms with E-state index >= 15 is 0 Å². The SMILES string of the molecule is CC(C)=C(C#N)C(=O)Nc1cccc2c(-c3cc(NC(=O)C4CC4)ncc3C)c[nH]c12. The Kier molecular flexibility index (Phi) is 5.30. The Morgan fingerprint density at radius 1 is 1.19 bits per heavy atom. The molecular weight excluding hydrogens is 390 g/mol. The summed E-state index contributed by atoms with van der Waals surface area (Å²) in [6.45, 7) is 5.43. The lowest BCUT2D eigenvalue weighted by molar-refractivity contribution is -0.117. The van der Waals surface area contributed by atoms with Gasteiger partial charge in [0.25, 0.3) is 5.91 Å². The number of aromatic amines is 1. The third-order valence-corrected chi connectivity index (χ3v) is 5.40. The third kappa shape index (κ3) is 4.05. The van der Waals surface area contributed by atoms with Crippen molar-refractivity contribution in [3.05, 3.63) is 53.4 Å². The second kappa shape index (κ2) is 8.07. The lowest BCUT2D eigenvalue weighted by Crippen LogP contribution is -2.14. The van der Waals surface area contributed by atoms with Crippen molar-refractivity contribution in [3.8, 4) is 17.2 Å². The van der Waals surface area contributed by atoms with Crippen LogP contribution in [0.15, 0.2) is 47.8 Å². The smallest absolute Gasteiger partial charge is 0.266 e. The van der Waals surface area contributed by atoms with Gasteiger partial charge in [0.05, 0.1) is 11.2 Å². The predicted octanol–water partition coefficient (Wildman–Crippen LogP) is 4.69. The number of carbonyl (C=O) groups excluding carboxylic acids is 2. The number of benzene rings is 1. The van der Waals surface area contributed by atoms with Gasteiger partial charge < -0.3 is 15.6 Å². The van der Waals surface area contributed by atoms with Crippen LogP contribution in [0.2, 0.25) is 0 Å². The van der Waals surface area contributed by atoms with Gasteiger partial charge in [0.2, 0.25) is 5.91 Å². The Labute approximate surface area is 180 Å². The molecule has 0 saturated heterocycles. The summed E-state index contributed by atoms with van der Waals surface area (Å²) in [5, 5.41) is 15.9. The maximum atomic E-state index is 12.5. The molecule has 1 fully saturated rings. The molecule has 1 aromatic carbocycles. The molecule has 1 aliphatic rings. The first kappa shape index (κ1) is 20.4. The van der Waals surface area contributed by atoms with Crippen molar-refractivity contribution in [2.45, 2.75) is 33.6 Å². The minimum absolute atomic E-state index is 0.0128. The standard InChI is InChI=1S/C24H23N5O2/c1-13(2)18(10-25)24(31)28-20-6-4-5-16-19(12-27-22(16)20)17-9-21(26-11-14(17)3)29-23(30)15-7-8-15/h4-6,9,11-12,15,27H,7-8H2,1-3H3,(H,28,31)(H,26,29,30). The number of allylic oxidation sites excluding steroid dienone is 1. The topological polar surface area (TPSA) is 111 Å². The van der Waals surface area contributed by atoms with Crippen LogP contribution in [0.25, 0.3) is 22.0 Å². The number of nitriles is 1. The lowest BCUT2D eigenvalue weighted by atomic mass is 10.0. The van der Waals surface area contributed by atoms with Gasteiger partial charge in [-0.1, -0.05) is 17.7 Å². The number of nitrogens with zero attached hydrogens (tertiary/aromatic N) is 2. The molecule has 4 rings (SSSR count). The molecule has 2 heterocycles. The van der Waals surface area contributed by atoms with E-state index in [0.717, 1.165) is 40.4 Å². The third-order valence-electron chi connectivity index (χ3n) is 5.40. The van der Waals surface area contributed by atoms with Crippen LogP contribution in [-0.4, -0.2) is 21.8 Å². The number of pyridine rings is 1. The maximum absolute atomic E-state index is 12.5. The molecule has 0 unspecified atom stereocenters. The molecule has 0 spiro atoms. The van der Waals surface area contributed by atoms with Gasteiger partial charge in [-0.3, -0.25) is 9.59 Å². The molecule has 3 N–H and O–H groups in total. The predicted molar refractivity (Wildman–Crippen MR) is 120 cm³/mol. The Hall–Kier alpha value is -3.92. The van der Waals surface area contributed by atoms with Crippen molar-refractivity contribution in [1.82, 2.24) is 9.97 Å². The first-order chi connectivity index (χ1) is 14.9. The van der Waals surface area contributed by atoms with Crippen molar-refractivity contribution < 1.29 is 9.59 Å². The molecule has 0 aliphatic heterocycles. The average molecular weight is 413 g/mol. The molecule has 0 bridgehead atoms. The van der Waals surface area contributed by atoms with Gasteiger partial charge in [0.1, 0.15) is 17.5 Å². The van der Waals surface area contributed by atoms with E-state index in [-0.39, 0.29) is 17.4 Å². The Morgan fingerprint density at radius 2 is 1.97 bits per heavy atom. The van der Waals surface area contributed by atoms with E-state index in [4.69, 9.17) is 0 Å². The Morgan fingerprint density at radius 3 is 2.65 bits per heavy atom. The average Bonchev–Trinajstić information content (AvgIpc) is 3.50. The highest BCUT2D eigenvalue weighted by molar-refractivity contribution is 6.12. The minimum atomic E-state index is -0.434. The Balaban J connectivity index is 1.70. The summed E-state index contributed by atoms with van der Waals surface area (Å²) >= 11 is 0. The molecule has 7 heteroatoms. The molecule has 31 heavy (non-hydrogen) atoms. The zero-order valence-corrected chi connectivity index (χ0v) is 17.7. The number of carbonyl (C=O) groups is 2. The van der Waals surface area contributed by atoms with Crippen molar-refractivity contribution in [3.63, 3.8) is 0 Å². The van der Waals surface area contributed by atoms with Gasteiger partial charge in [0, 0.05) is 29.3 Å². The van der Waals surface area contributed by atoms with E-state index in [9.17, 15) is 14.9 Å². The quantitative estimate of drug-likeness (QED) is 0.416. The molecule has 0 atom stereocenters. The summed E-state index contributed by atoms with van der Waals surface area (Å²) < 4.78 is 0. The normalized spacial score (nSPS) is 12.8. The summed E-state index contributed by atoms with van der Waals surface area (Å²) in [4.78, 5) is 32.2. The monoisotopic (exact) mass is 413 g/mol. The summed E-state index contributed by atoms with van der Waals surface area (Å²) in [7, 11) is 0. The summed E-state index contributed by atoms with van der Waals surface area (Å²) in [5.41, 5.74) is 4.97. The minimum Gasteiger partial charge on any atom is -0.359 e. The Bertz CT molecular complexity index is 1270. The van der Waals surface area contributed by atoms with E-state index < -0.39 is 5.91 Å². The zero-order chi connectivity index (χ0) is 22.1. The number of aryl methyl sites for hydroxylation is 1. The molecule has 156 valence electrons. The zero-order valence-electron chi connectivity index (χ0n) is 17.7. The van der Waals surface area contributed by atoms with E-state index in [2.05, 4.69) is 20.6 Å². The number of anilines is 2. The van der Waals surface area contributed by atoms with Gasteiger partial charge >= 0.3 is 0 Å². The highest BCUT2D eigenvalue weighted by atomic mass is 16.2. The molecular formula is C24H23N5O2. The van der Waals surface area contributed by atoms with Crippen molar-refractivity contribution >= 4 is 34.2 Å². The first-order valence-electron chi connectivity index (χ1n) is 10.2. The fourth-order valence-electron chi connectivity index (χ4n) is 3.51. The second-order valence-electron chi connectivity index (χ2n) is 8.02. The summed E-state index contributed by atoms with van der Waals surface area (Å²) in [6.07, 6.45) is 5.49.